The zero-order chi connectivity index (χ0) is 17.3. The van der Waals surface area contributed by atoms with Gasteiger partial charge in [0.15, 0.2) is 5.16 Å². The van der Waals surface area contributed by atoms with E-state index >= 15 is 0 Å². The highest BCUT2D eigenvalue weighted by Gasteiger charge is 2.31. The van der Waals surface area contributed by atoms with Crippen molar-refractivity contribution in [1.29, 1.82) is 0 Å². The van der Waals surface area contributed by atoms with Crippen LogP contribution in [0.1, 0.15) is 31.7 Å². The predicted octanol–water partition coefficient (Wildman–Crippen LogP) is 3.84. The van der Waals surface area contributed by atoms with Gasteiger partial charge in [0, 0.05) is 12.6 Å². The van der Waals surface area contributed by atoms with Gasteiger partial charge in [-0.2, -0.15) is 13.2 Å². The number of thioether (sulfide) groups is 1. The minimum absolute atomic E-state index is 0.0615. The highest BCUT2D eigenvalue weighted by atomic mass is 32.2. The van der Waals surface area contributed by atoms with Crippen molar-refractivity contribution < 1.29 is 18.0 Å². The van der Waals surface area contributed by atoms with Gasteiger partial charge in [-0.3, -0.25) is 4.79 Å². The molecule has 1 aliphatic carbocycles. The van der Waals surface area contributed by atoms with Crippen LogP contribution in [0.25, 0.3) is 11.0 Å². The quantitative estimate of drug-likeness (QED) is 0.799. The third-order valence-electron chi connectivity index (χ3n) is 3.76. The van der Waals surface area contributed by atoms with E-state index in [0.29, 0.717) is 28.8 Å². The standard InChI is InChI=1S/C16H18F3N3OS/c1-2-7-22-13-8-10(16(17,18)19)3-6-12(13)21-15(22)24-9-14(23)20-11-4-5-11/h3,6,8,11H,2,4-5,7,9H2,1H3,(H,20,23). The molecule has 130 valence electrons. The number of rotatable bonds is 6. The molecule has 0 atom stereocenters. The number of hydrogen-bond acceptors (Lipinski definition) is 3. The third kappa shape index (κ3) is 3.85. The number of aryl methyl sites for hydroxylation is 1. The van der Waals surface area contributed by atoms with Crippen LogP contribution in [-0.4, -0.2) is 27.3 Å². The lowest BCUT2D eigenvalue weighted by Crippen LogP contribution is -2.27. The minimum atomic E-state index is -4.38. The Morgan fingerprint density at radius 1 is 1.42 bits per heavy atom. The minimum Gasteiger partial charge on any atom is -0.353 e. The van der Waals surface area contributed by atoms with Crippen molar-refractivity contribution >= 4 is 28.7 Å². The molecule has 1 saturated carbocycles. The summed E-state index contributed by atoms with van der Waals surface area (Å²) >= 11 is 1.26. The SMILES string of the molecule is CCCn1c(SCC(=O)NC2CC2)nc2ccc(C(F)(F)F)cc21. The van der Waals surface area contributed by atoms with Crippen LogP contribution in [-0.2, 0) is 17.5 Å². The molecule has 1 aliphatic rings. The van der Waals surface area contributed by atoms with Gasteiger partial charge in [0.1, 0.15) is 0 Å². The molecule has 1 heterocycles. The van der Waals surface area contributed by atoms with Crippen LogP contribution >= 0.6 is 11.8 Å². The molecule has 1 fully saturated rings. The van der Waals surface area contributed by atoms with Gasteiger partial charge in [-0.15, -0.1) is 0 Å². The van der Waals surface area contributed by atoms with E-state index in [1.165, 1.54) is 17.8 Å². The molecule has 0 radical (unpaired) electrons. The van der Waals surface area contributed by atoms with Gasteiger partial charge in [0.05, 0.1) is 22.3 Å². The normalized spacial score (nSPS) is 15.0. The third-order valence-corrected chi connectivity index (χ3v) is 4.74. The van der Waals surface area contributed by atoms with E-state index in [1.54, 1.807) is 4.57 Å². The van der Waals surface area contributed by atoms with Crippen LogP contribution in [0, 0.1) is 0 Å². The summed E-state index contributed by atoms with van der Waals surface area (Å²) in [7, 11) is 0. The molecule has 1 aromatic carbocycles. The maximum absolute atomic E-state index is 12.9. The monoisotopic (exact) mass is 357 g/mol. The number of hydrogen-bond donors (Lipinski definition) is 1. The molecule has 0 bridgehead atoms. The van der Waals surface area contributed by atoms with Crippen molar-refractivity contribution in [3.8, 4) is 0 Å². The van der Waals surface area contributed by atoms with Crippen LogP contribution in [0.3, 0.4) is 0 Å². The summed E-state index contributed by atoms with van der Waals surface area (Å²) < 4.78 is 40.6. The summed E-state index contributed by atoms with van der Waals surface area (Å²) in [5.74, 6) is 0.156. The van der Waals surface area contributed by atoms with E-state index in [2.05, 4.69) is 10.3 Å². The van der Waals surface area contributed by atoms with Gasteiger partial charge in [0.2, 0.25) is 5.91 Å². The molecular weight excluding hydrogens is 339 g/mol. The highest BCUT2D eigenvalue weighted by molar-refractivity contribution is 7.99. The van der Waals surface area contributed by atoms with Crippen molar-refractivity contribution in [2.45, 2.75) is 50.1 Å². The van der Waals surface area contributed by atoms with E-state index < -0.39 is 11.7 Å². The summed E-state index contributed by atoms with van der Waals surface area (Å²) in [6.45, 7) is 2.51. The van der Waals surface area contributed by atoms with Crippen molar-refractivity contribution in [1.82, 2.24) is 14.9 Å². The Bertz CT molecular complexity index is 753. The Labute approximate surface area is 141 Å². The zero-order valence-corrected chi connectivity index (χ0v) is 14.0. The number of aromatic nitrogens is 2. The molecule has 1 aromatic heterocycles. The fourth-order valence-corrected chi connectivity index (χ4v) is 3.31. The second kappa shape index (κ2) is 6.66. The summed E-state index contributed by atoms with van der Waals surface area (Å²) in [6.07, 6.45) is -1.58. The lowest BCUT2D eigenvalue weighted by molar-refractivity contribution is -0.137. The first-order chi connectivity index (χ1) is 11.4. The van der Waals surface area contributed by atoms with E-state index in [4.69, 9.17) is 0 Å². The van der Waals surface area contributed by atoms with E-state index in [0.717, 1.165) is 31.4 Å². The number of carbonyl (C=O) groups is 1. The summed E-state index contributed by atoms with van der Waals surface area (Å²) in [6, 6.07) is 3.85. The number of fused-ring (bicyclic) bond motifs is 1. The molecule has 24 heavy (non-hydrogen) atoms. The Balaban J connectivity index is 1.85. The van der Waals surface area contributed by atoms with Crippen LogP contribution in [0.2, 0.25) is 0 Å². The number of imidazole rings is 1. The molecule has 4 nitrogen and oxygen atoms in total. The van der Waals surface area contributed by atoms with E-state index in [1.807, 2.05) is 6.92 Å². The predicted molar refractivity (Wildman–Crippen MR) is 86.9 cm³/mol. The number of nitrogens with one attached hydrogen (secondary N) is 1. The Morgan fingerprint density at radius 3 is 2.79 bits per heavy atom. The fourth-order valence-electron chi connectivity index (χ4n) is 2.45. The Hall–Kier alpha value is -1.70. The zero-order valence-electron chi connectivity index (χ0n) is 13.2. The number of alkyl halides is 3. The van der Waals surface area contributed by atoms with Crippen molar-refractivity contribution in [2.75, 3.05) is 5.75 Å². The van der Waals surface area contributed by atoms with Crippen LogP contribution in [0.5, 0.6) is 0 Å². The van der Waals surface area contributed by atoms with Crippen molar-refractivity contribution in [3.05, 3.63) is 23.8 Å². The number of carbonyl (C=O) groups excluding carboxylic acids is 1. The number of halogens is 3. The average molecular weight is 357 g/mol. The average Bonchev–Trinajstić information content (AvgIpc) is 3.26. The number of amides is 1. The van der Waals surface area contributed by atoms with Crippen molar-refractivity contribution in [3.63, 3.8) is 0 Å². The molecule has 1 N–H and O–H groups in total. The molecule has 0 spiro atoms. The second-order valence-corrected chi connectivity index (χ2v) is 6.82. The topological polar surface area (TPSA) is 46.9 Å². The maximum atomic E-state index is 12.9. The molecular formula is C16H18F3N3OS. The molecule has 0 aliphatic heterocycles. The van der Waals surface area contributed by atoms with E-state index in [9.17, 15) is 18.0 Å². The molecule has 0 unspecified atom stereocenters. The lowest BCUT2D eigenvalue weighted by atomic mass is 10.2. The first kappa shape index (κ1) is 17.1. The van der Waals surface area contributed by atoms with Crippen LogP contribution < -0.4 is 5.32 Å². The Kier molecular flexibility index (Phi) is 4.76. The van der Waals surface area contributed by atoms with Gasteiger partial charge in [-0.25, -0.2) is 4.98 Å². The molecule has 8 heteroatoms. The molecule has 2 aromatic rings. The smallest absolute Gasteiger partial charge is 0.353 e. The fraction of sp³-hybridized carbons (Fsp3) is 0.500. The summed E-state index contributed by atoms with van der Waals surface area (Å²) in [5, 5.41) is 3.47. The highest BCUT2D eigenvalue weighted by Crippen LogP contribution is 2.33. The maximum Gasteiger partial charge on any atom is 0.416 e. The van der Waals surface area contributed by atoms with Crippen molar-refractivity contribution in [2.24, 2.45) is 0 Å². The summed E-state index contributed by atoms with van der Waals surface area (Å²) in [5.41, 5.74) is 0.286. The van der Waals surface area contributed by atoms with Crippen LogP contribution in [0.4, 0.5) is 13.2 Å². The van der Waals surface area contributed by atoms with Gasteiger partial charge >= 0.3 is 6.18 Å². The number of nitrogens with zero attached hydrogens (tertiary/aromatic N) is 2. The van der Waals surface area contributed by atoms with Gasteiger partial charge < -0.3 is 9.88 Å². The molecule has 0 saturated heterocycles. The number of benzene rings is 1. The first-order valence-corrected chi connectivity index (χ1v) is 8.86. The molecule has 3 rings (SSSR count). The van der Waals surface area contributed by atoms with Gasteiger partial charge in [-0.05, 0) is 37.5 Å². The largest absolute Gasteiger partial charge is 0.416 e. The lowest BCUT2D eigenvalue weighted by Gasteiger charge is -2.09. The van der Waals surface area contributed by atoms with Crippen LogP contribution in [0.15, 0.2) is 23.4 Å². The Morgan fingerprint density at radius 2 is 2.17 bits per heavy atom. The summed E-state index contributed by atoms with van der Waals surface area (Å²) in [4.78, 5) is 16.2. The van der Waals surface area contributed by atoms with E-state index in [-0.39, 0.29) is 11.7 Å². The second-order valence-electron chi connectivity index (χ2n) is 5.88. The molecule has 1 amide bonds. The van der Waals surface area contributed by atoms with Gasteiger partial charge in [0.25, 0.3) is 0 Å². The van der Waals surface area contributed by atoms with Gasteiger partial charge in [-0.1, -0.05) is 18.7 Å². The first-order valence-electron chi connectivity index (χ1n) is 7.88.